The summed E-state index contributed by atoms with van der Waals surface area (Å²) in [6, 6.07) is -5.15. The summed E-state index contributed by atoms with van der Waals surface area (Å²) in [6.07, 6.45) is -1.00. The number of aliphatic imine (C=N–C) groups is 1. The van der Waals surface area contributed by atoms with Crippen LogP contribution >= 0.6 is 0 Å². The van der Waals surface area contributed by atoms with Crippen LogP contribution in [0.25, 0.3) is 0 Å². The lowest BCUT2D eigenvalue weighted by atomic mass is 10.1. The second kappa shape index (κ2) is 13.3. The van der Waals surface area contributed by atoms with E-state index in [1.54, 1.807) is 0 Å². The first-order valence-electron chi connectivity index (χ1n) is 9.14. The molecule has 3 amide bonds. The van der Waals surface area contributed by atoms with Crippen LogP contribution in [0.3, 0.4) is 0 Å². The number of guanidine groups is 1. The predicted molar refractivity (Wildman–Crippen MR) is 106 cm³/mol. The van der Waals surface area contributed by atoms with Crippen molar-refractivity contribution in [2.24, 2.45) is 22.2 Å². The van der Waals surface area contributed by atoms with Crippen LogP contribution in [-0.4, -0.2) is 88.4 Å². The molecular weight excluding hydrogens is 402 g/mol. The maximum absolute atomic E-state index is 12.3. The molecule has 5 unspecified atom stereocenters. The van der Waals surface area contributed by atoms with E-state index in [-0.39, 0.29) is 25.3 Å². The summed E-state index contributed by atoms with van der Waals surface area (Å²) in [4.78, 5) is 51.3. The molecule has 14 heteroatoms. The molecule has 0 spiro atoms. The maximum atomic E-state index is 12.3. The minimum Gasteiger partial charge on any atom is -0.480 e. The van der Waals surface area contributed by atoms with Gasteiger partial charge in [0.2, 0.25) is 17.7 Å². The van der Waals surface area contributed by atoms with E-state index >= 15 is 0 Å². The highest BCUT2D eigenvalue weighted by atomic mass is 16.4. The predicted octanol–water partition coefficient (Wildman–Crippen LogP) is -4.70. The largest absolute Gasteiger partial charge is 0.480 e. The number of aliphatic hydroxyl groups excluding tert-OH is 2. The standard InChI is InChI=1S/C16H31N7O7/c1-7(12(26)22-10(15(29)30)4-3-5-20-16(18)19)21-14(28)11(8(2)25)23-13(27)9(17)6-24/h7-11,24-25H,3-6,17H2,1-2H3,(H,21,28)(H,22,26)(H,23,27)(H,29,30)(H4,18,19,20). The lowest BCUT2D eigenvalue weighted by Gasteiger charge is -2.24. The summed E-state index contributed by atoms with van der Waals surface area (Å²) in [5.74, 6) is -3.98. The average molecular weight is 433 g/mol. The molecule has 0 radical (unpaired) electrons. The molecule has 0 saturated carbocycles. The van der Waals surface area contributed by atoms with Crippen molar-refractivity contribution >= 4 is 29.7 Å². The van der Waals surface area contributed by atoms with Crippen molar-refractivity contribution < 1.29 is 34.5 Å². The molecule has 0 aliphatic rings. The lowest BCUT2D eigenvalue weighted by Crippen LogP contribution is -2.59. The third kappa shape index (κ3) is 9.99. The van der Waals surface area contributed by atoms with Gasteiger partial charge in [0.05, 0.1) is 12.7 Å². The van der Waals surface area contributed by atoms with E-state index in [0.29, 0.717) is 0 Å². The SMILES string of the molecule is CC(NC(=O)C(NC(=O)C(N)CO)C(C)O)C(=O)NC(CCCN=C(N)N)C(=O)O. The van der Waals surface area contributed by atoms with Gasteiger partial charge in [-0.25, -0.2) is 4.79 Å². The van der Waals surface area contributed by atoms with Gasteiger partial charge in [0.25, 0.3) is 0 Å². The molecule has 0 rings (SSSR count). The number of carbonyl (C=O) groups excluding carboxylic acids is 3. The summed E-state index contributed by atoms with van der Waals surface area (Å²) in [6.45, 7) is 2.04. The van der Waals surface area contributed by atoms with E-state index in [0.717, 1.165) is 0 Å². The number of hydrogen-bond donors (Lipinski definition) is 9. The Balaban J connectivity index is 4.88. The summed E-state index contributed by atoms with van der Waals surface area (Å²) >= 11 is 0. The Labute approximate surface area is 173 Å². The fourth-order valence-corrected chi connectivity index (χ4v) is 2.17. The quantitative estimate of drug-likeness (QED) is 0.0761. The van der Waals surface area contributed by atoms with Gasteiger partial charge in [-0.05, 0) is 26.7 Å². The summed E-state index contributed by atoms with van der Waals surface area (Å²) in [5, 5.41) is 34.6. The van der Waals surface area contributed by atoms with Crippen molar-refractivity contribution in [2.45, 2.75) is 57.0 Å². The van der Waals surface area contributed by atoms with E-state index in [9.17, 15) is 29.4 Å². The Morgan fingerprint density at radius 1 is 1.00 bits per heavy atom. The van der Waals surface area contributed by atoms with Crippen LogP contribution in [0, 0.1) is 0 Å². The number of carbonyl (C=O) groups is 4. The monoisotopic (exact) mass is 433 g/mol. The molecule has 0 fully saturated rings. The van der Waals surface area contributed by atoms with Gasteiger partial charge < -0.3 is 48.5 Å². The van der Waals surface area contributed by atoms with Crippen LogP contribution < -0.4 is 33.2 Å². The van der Waals surface area contributed by atoms with Crippen molar-refractivity contribution in [3.63, 3.8) is 0 Å². The van der Waals surface area contributed by atoms with E-state index in [4.69, 9.17) is 22.3 Å². The van der Waals surface area contributed by atoms with Crippen molar-refractivity contribution in [1.82, 2.24) is 16.0 Å². The van der Waals surface area contributed by atoms with Gasteiger partial charge in [0.1, 0.15) is 24.2 Å². The van der Waals surface area contributed by atoms with Gasteiger partial charge in [-0.3, -0.25) is 19.4 Å². The average Bonchev–Trinajstić information content (AvgIpc) is 2.66. The van der Waals surface area contributed by atoms with E-state index in [1.165, 1.54) is 13.8 Å². The first-order valence-corrected chi connectivity index (χ1v) is 9.14. The topological polar surface area (TPSA) is 255 Å². The zero-order chi connectivity index (χ0) is 23.4. The second-order valence-electron chi connectivity index (χ2n) is 6.59. The molecule has 5 atom stereocenters. The minimum atomic E-state index is -1.44. The van der Waals surface area contributed by atoms with Gasteiger partial charge >= 0.3 is 5.97 Å². The van der Waals surface area contributed by atoms with Gasteiger partial charge in [-0.2, -0.15) is 0 Å². The maximum Gasteiger partial charge on any atom is 0.326 e. The first kappa shape index (κ1) is 27.0. The molecule has 0 aromatic heterocycles. The Morgan fingerprint density at radius 3 is 2.07 bits per heavy atom. The minimum absolute atomic E-state index is 0.0456. The van der Waals surface area contributed by atoms with Crippen LogP contribution in [-0.2, 0) is 19.2 Å². The van der Waals surface area contributed by atoms with Crippen LogP contribution in [0.1, 0.15) is 26.7 Å². The van der Waals surface area contributed by atoms with Gasteiger partial charge in [0, 0.05) is 6.54 Å². The number of nitrogens with one attached hydrogen (secondary N) is 3. The van der Waals surface area contributed by atoms with Gasteiger partial charge in [0.15, 0.2) is 5.96 Å². The highest BCUT2D eigenvalue weighted by molar-refractivity contribution is 5.94. The molecule has 0 bridgehead atoms. The van der Waals surface area contributed by atoms with Crippen molar-refractivity contribution in [2.75, 3.05) is 13.2 Å². The number of rotatable bonds is 13. The molecule has 0 saturated heterocycles. The Hall–Kier alpha value is -2.97. The number of aliphatic carboxylic acids is 1. The molecule has 0 aliphatic heterocycles. The van der Waals surface area contributed by atoms with E-state index in [1.807, 2.05) is 0 Å². The molecule has 0 heterocycles. The molecular formula is C16H31N7O7. The summed E-state index contributed by atoms with van der Waals surface area (Å²) in [7, 11) is 0. The number of carboxylic acids is 1. The van der Waals surface area contributed by atoms with Crippen LogP contribution in [0.15, 0.2) is 4.99 Å². The number of carboxylic acid groups (broad SMARTS) is 1. The highest BCUT2D eigenvalue weighted by Crippen LogP contribution is 2.01. The third-order valence-electron chi connectivity index (χ3n) is 3.91. The van der Waals surface area contributed by atoms with E-state index < -0.39 is 60.6 Å². The first-order chi connectivity index (χ1) is 13.9. The van der Waals surface area contributed by atoms with Crippen LogP contribution in [0.5, 0.6) is 0 Å². The molecule has 0 aromatic carbocycles. The fourth-order valence-electron chi connectivity index (χ4n) is 2.17. The Kier molecular flexibility index (Phi) is 12.0. The van der Waals surface area contributed by atoms with Crippen molar-refractivity contribution in [1.29, 1.82) is 0 Å². The number of nitrogens with two attached hydrogens (primary N) is 3. The molecule has 172 valence electrons. The molecule has 30 heavy (non-hydrogen) atoms. The van der Waals surface area contributed by atoms with Crippen LogP contribution in [0.2, 0.25) is 0 Å². The van der Waals surface area contributed by atoms with Crippen molar-refractivity contribution in [3.8, 4) is 0 Å². The molecule has 14 nitrogen and oxygen atoms in total. The third-order valence-corrected chi connectivity index (χ3v) is 3.91. The smallest absolute Gasteiger partial charge is 0.326 e. The Bertz CT molecular complexity index is 637. The second-order valence-corrected chi connectivity index (χ2v) is 6.59. The normalized spacial score (nSPS) is 15.6. The fraction of sp³-hybridized carbons (Fsp3) is 0.688. The highest BCUT2D eigenvalue weighted by Gasteiger charge is 2.30. The zero-order valence-electron chi connectivity index (χ0n) is 16.9. The number of nitrogens with zero attached hydrogens (tertiary/aromatic N) is 1. The van der Waals surface area contributed by atoms with Gasteiger partial charge in [-0.1, -0.05) is 0 Å². The molecule has 12 N–H and O–H groups in total. The molecule has 0 aromatic rings. The molecule has 0 aliphatic carbocycles. The number of hydrogen-bond acceptors (Lipinski definition) is 8. The summed E-state index contributed by atoms with van der Waals surface area (Å²) < 4.78 is 0. The number of amides is 3. The number of aliphatic hydroxyl groups is 2. The van der Waals surface area contributed by atoms with Crippen molar-refractivity contribution in [3.05, 3.63) is 0 Å². The van der Waals surface area contributed by atoms with Crippen LogP contribution in [0.4, 0.5) is 0 Å². The summed E-state index contributed by atoms with van der Waals surface area (Å²) in [5.41, 5.74) is 15.7. The lowest BCUT2D eigenvalue weighted by molar-refractivity contribution is -0.142. The zero-order valence-corrected chi connectivity index (χ0v) is 16.9. The van der Waals surface area contributed by atoms with Gasteiger partial charge in [-0.15, -0.1) is 0 Å². The van der Waals surface area contributed by atoms with E-state index in [2.05, 4.69) is 20.9 Å². The Morgan fingerprint density at radius 2 is 1.60 bits per heavy atom.